The van der Waals surface area contributed by atoms with Crippen molar-refractivity contribution < 1.29 is 14.3 Å². The molecular formula is C35H30N6O3. The van der Waals surface area contributed by atoms with Crippen LogP contribution in [0.1, 0.15) is 24.0 Å². The number of nitriles is 1. The summed E-state index contributed by atoms with van der Waals surface area (Å²) in [6, 6.07) is 26.6. The minimum atomic E-state index is -0.156. The fraction of sp³-hybridized carbons (Fsp3) is 0.143. The Morgan fingerprint density at radius 3 is 2.41 bits per heavy atom. The zero-order chi connectivity index (χ0) is 30.1. The second kappa shape index (κ2) is 13.5. The number of hydrogen-bond acceptors (Lipinski definition) is 8. The number of amides is 1. The van der Waals surface area contributed by atoms with Crippen LogP contribution in [-0.2, 0) is 11.3 Å². The Hall–Kier alpha value is -5.72. The normalized spacial score (nSPS) is 12.7. The molecule has 0 spiro atoms. The molecule has 2 aromatic heterocycles. The highest BCUT2D eigenvalue weighted by Crippen LogP contribution is 2.35. The number of aromatic nitrogens is 2. The zero-order valence-electron chi connectivity index (χ0n) is 23.9. The lowest BCUT2D eigenvalue weighted by Gasteiger charge is -2.17. The predicted octanol–water partition coefficient (Wildman–Crippen LogP) is 6.76. The maximum absolute atomic E-state index is 12.8. The van der Waals surface area contributed by atoms with Gasteiger partial charge in [0.1, 0.15) is 29.1 Å². The Morgan fingerprint density at radius 2 is 1.66 bits per heavy atom. The van der Waals surface area contributed by atoms with Crippen molar-refractivity contribution in [2.75, 3.05) is 18.4 Å². The third-order valence-electron chi connectivity index (χ3n) is 7.18. The molecule has 3 aromatic carbocycles. The average molecular weight is 583 g/mol. The number of hydrogen-bond donors (Lipinski definition) is 3. The molecule has 218 valence electrons. The largest absolute Gasteiger partial charge is 0.457 e. The lowest BCUT2D eigenvalue weighted by Crippen LogP contribution is -2.25. The van der Waals surface area contributed by atoms with Gasteiger partial charge in [-0.3, -0.25) is 14.8 Å². The van der Waals surface area contributed by atoms with Crippen molar-refractivity contribution in [2.24, 2.45) is 0 Å². The number of nitrogens with one attached hydrogen (secondary N) is 3. The highest BCUT2D eigenvalue weighted by atomic mass is 16.5. The molecule has 0 unspecified atom stereocenters. The summed E-state index contributed by atoms with van der Waals surface area (Å²) in [7, 11) is 0. The van der Waals surface area contributed by atoms with Crippen LogP contribution in [0.25, 0.3) is 10.9 Å². The van der Waals surface area contributed by atoms with E-state index in [9.17, 15) is 10.1 Å². The molecule has 0 saturated carbocycles. The summed E-state index contributed by atoms with van der Waals surface area (Å²) in [5.74, 6) is 2.43. The van der Waals surface area contributed by atoms with Gasteiger partial charge in [-0.05, 0) is 80.5 Å². The third-order valence-corrected chi connectivity index (χ3v) is 7.18. The summed E-state index contributed by atoms with van der Waals surface area (Å²) in [5.41, 5.74) is 4.26. The first kappa shape index (κ1) is 28.4. The highest BCUT2D eigenvalue weighted by Gasteiger charge is 2.16. The van der Waals surface area contributed by atoms with E-state index in [1.807, 2.05) is 66.7 Å². The lowest BCUT2D eigenvalue weighted by molar-refractivity contribution is -0.116. The Kier molecular flexibility index (Phi) is 8.72. The molecule has 0 radical (unpaired) electrons. The quantitative estimate of drug-likeness (QED) is 0.163. The molecule has 9 nitrogen and oxygen atoms in total. The number of benzene rings is 3. The number of carbonyl (C=O) groups is 1. The van der Waals surface area contributed by atoms with E-state index >= 15 is 0 Å². The molecule has 3 heterocycles. The SMILES string of the molecule is N#Cc1cnc2cc(Oc3ccncc3)c(CNC(=O)C=C3CCNCC3)cc2c1Nc1ccc(Oc2ccccc2)cc1. The van der Waals surface area contributed by atoms with Crippen LogP contribution in [0.4, 0.5) is 11.4 Å². The van der Waals surface area contributed by atoms with Gasteiger partial charge in [-0.15, -0.1) is 0 Å². The standard InChI is InChI=1S/C35H30N6O3/c36-21-26-23-39-32-20-33(44-30-12-16-38-17-13-30)25(22-40-34(42)18-24-10-14-37-15-11-24)19-31(32)35(26)41-27-6-8-29(9-7-27)43-28-4-2-1-3-5-28/h1-9,12-13,16-20,23,37H,10-11,14-15,22H2,(H,39,41)(H,40,42). The Bertz CT molecular complexity index is 1830. The number of pyridine rings is 2. The topological polar surface area (TPSA) is 121 Å². The van der Waals surface area contributed by atoms with Crippen LogP contribution in [0, 0.1) is 11.3 Å². The first-order valence-electron chi connectivity index (χ1n) is 14.4. The van der Waals surface area contributed by atoms with Crippen molar-refractivity contribution in [3.8, 4) is 29.1 Å². The maximum atomic E-state index is 12.8. The Balaban J connectivity index is 1.31. The van der Waals surface area contributed by atoms with Gasteiger partial charge in [0.05, 0.1) is 16.8 Å². The maximum Gasteiger partial charge on any atom is 0.244 e. The van der Waals surface area contributed by atoms with Crippen molar-refractivity contribution >= 4 is 28.2 Å². The average Bonchev–Trinajstić information content (AvgIpc) is 3.06. The van der Waals surface area contributed by atoms with Gasteiger partial charge in [-0.25, -0.2) is 0 Å². The summed E-state index contributed by atoms with van der Waals surface area (Å²) in [6.45, 7) is 1.97. The summed E-state index contributed by atoms with van der Waals surface area (Å²) in [6.07, 6.45) is 8.25. The molecule has 6 rings (SSSR count). The van der Waals surface area contributed by atoms with E-state index in [-0.39, 0.29) is 12.5 Å². The summed E-state index contributed by atoms with van der Waals surface area (Å²) >= 11 is 0. The third kappa shape index (κ3) is 7.01. The number of fused-ring (bicyclic) bond motifs is 1. The number of carbonyl (C=O) groups excluding carboxylic acids is 1. The molecule has 0 bridgehead atoms. The summed E-state index contributed by atoms with van der Waals surface area (Å²) in [5, 5.41) is 20.4. The zero-order valence-corrected chi connectivity index (χ0v) is 23.9. The van der Waals surface area contributed by atoms with Crippen molar-refractivity contribution in [2.45, 2.75) is 19.4 Å². The second-order valence-corrected chi connectivity index (χ2v) is 10.3. The number of anilines is 2. The lowest BCUT2D eigenvalue weighted by atomic mass is 10.0. The molecule has 0 atom stereocenters. The fourth-order valence-corrected chi connectivity index (χ4v) is 4.94. The van der Waals surface area contributed by atoms with Crippen LogP contribution in [0.2, 0.25) is 0 Å². The first-order chi connectivity index (χ1) is 21.6. The van der Waals surface area contributed by atoms with Crippen LogP contribution < -0.4 is 25.4 Å². The minimum Gasteiger partial charge on any atom is -0.457 e. The Morgan fingerprint density at radius 1 is 0.932 bits per heavy atom. The smallest absolute Gasteiger partial charge is 0.244 e. The van der Waals surface area contributed by atoms with Gasteiger partial charge in [-0.1, -0.05) is 23.8 Å². The van der Waals surface area contributed by atoms with Crippen molar-refractivity contribution in [3.05, 3.63) is 120 Å². The predicted molar refractivity (Wildman–Crippen MR) is 169 cm³/mol. The van der Waals surface area contributed by atoms with Crippen molar-refractivity contribution in [3.63, 3.8) is 0 Å². The summed E-state index contributed by atoms with van der Waals surface area (Å²) in [4.78, 5) is 21.5. The molecule has 3 N–H and O–H groups in total. The van der Waals surface area contributed by atoms with E-state index in [0.29, 0.717) is 34.0 Å². The van der Waals surface area contributed by atoms with Gasteiger partial charge in [0.2, 0.25) is 5.91 Å². The van der Waals surface area contributed by atoms with Crippen LogP contribution in [-0.4, -0.2) is 29.0 Å². The van der Waals surface area contributed by atoms with Crippen LogP contribution in [0.5, 0.6) is 23.0 Å². The van der Waals surface area contributed by atoms with E-state index < -0.39 is 0 Å². The number of nitrogens with zero attached hydrogens (tertiary/aromatic N) is 3. The molecule has 9 heteroatoms. The van der Waals surface area contributed by atoms with Gasteiger partial charge in [-0.2, -0.15) is 5.26 Å². The van der Waals surface area contributed by atoms with Crippen LogP contribution in [0.3, 0.4) is 0 Å². The summed E-state index contributed by atoms with van der Waals surface area (Å²) < 4.78 is 12.1. The van der Waals surface area contributed by atoms with E-state index in [0.717, 1.165) is 53.9 Å². The molecule has 1 saturated heterocycles. The first-order valence-corrected chi connectivity index (χ1v) is 14.4. The molecule has 0 aliphatic carbocycles. The molecule has 1 amide bonds. The highest BCUT2D eigenvalue weighted by molar-refractivity contribution is 5.97. The van der Waals surface area contributed by atoms with Crippen molar-refractivity contribution in [1.29, 1.82) is 5.26 Å². The number of para-hydroxylation sites is 1. The van der Waals surface area contributed by atoms with Crippen LogP contribution in [0.15, 0.2) is 109 Å². The molecular weight excluding hydrogens is 552 g/mol. The van der Waals surface area contributed by atoms with E-state index in [1.54, 1.807) is 36.8 Å². The van der Waals surface area contributed by atoms with Gasteiger partial charge < -0.3 is 25.4 Å². The van der Waals surface area contributed by atoms with E-state index in [1.165, 1.54) is 0 Å². The fourth-order valence-electron chi connectivity index (χ4n) is 4.94. The van der Waals surface area contributed by atoms with Gasteiger partial charge in [0.15, 0.2) is 0 Å². The van der Waals surface area contributed by atoms with Gasteiger partial charge >= 0.3 is 0 Å². The molecule has 44 heavy (non-hydrogen) atoms. The number of ether oxygens (including phenoxy) is 2. The minimum absolute atomic E-state index is 0.156. The van der Waals surface area contributed by atoms with E-state index in [2.05, 4.69) is 32.0 Å². The van der Waals surface area contributed by atoms with Gasteiger partial charge in [0, 0.05) is 53.9 Å². The molecule has 5 aromatic rings. The Labute approximate surface area is 255 Å². The van der Waals surface area contributed by atoms with E-state index in [4.69, 9.17) is 9.47 Å². The van der Waals surface area contributed by atoms with Crippen molar-refractivity contribution in [1.82, 2.24) is 20.6 Å². The van der Waals surface area contributed by atoms with Crippen LogP contribution >= 0.6 is 0 Å². The van der Waals surface area contributed by atoms with Gasteiger partial charge in [0.25, 0.3) is 0 Å². The molecule has 1 aliphatic heterocycles. The monoisotopic (exact) mass is 582 g/mol. The second-order valence-electron chi connectivity index (χ2n) is 10.3. The molecule has 1 aliphatic rings. The number of rotatable bonds is 9. The number of piperidine rings is 1. The molecule has 1 fully saturated rings.